The van der Waals surface area contributed by atoms with E-state index in [1.54, 1.807) is 0 Å². The van der Waals surface area contributed by atoms with Gasteiger partial charge >= 0.3 is 0 Å². The summed E-state index contributed by atoms with van der Waals surface area (Å²) in [6.45, 7) is 4.10. The second kappa shape index (κ2) is 5.86. The maximum atomic E-state index is 14.2. The number of benzene rings is 1. The van der Waals surface area contributed by atoms with Gasteiger partial charge in [0.15, 0.2) is 17.3 Å². The van der Waals surface area contributed by atoms with Crippen molar-refractivity contribution in [2.45, 2.75) is 6.54 Å². The number of nitrogens with zero attached hydrogens (tertiary/aromatic N) is 1. The lowest BCUT2D eigenvalue weighted by molar-refractivity contribution is 0.228. The molecule has 0 aromatic heterocycles. The third-order valence-electron chi connectivity index (χ3n) is 3.04. The number of methoxy groups -OCH3 is 1. The van der Waals surface area contributed by atoms with Crippen molar-refractivity contribution in [2.75, 3.05) is 33.3 Å². The molecule has 1 fully saturated rings. The lowest BCUT2D eigenvalue weighted by Crippen LogP contribution is -2.43. The van der Waals surface area contributed by atoms with E-state index in [-0.39, 0.29) is 11.5 Å². The molecule has 0 unspecified atom stereocenters. The molecule has 0 saturated carbocycles. The highest BCUT2D eigenvalue weighted by molar-refractivity contribution is 9.10. The van der Waals surface area contributed by atoms with Crippen LogP contribution < -0.4 is 10.1 Å². The fourth-order valence-electron chi connectivity index (χ4n) is 2.06. The Balaban J connectivity index is 2.26. The van der Waals surface area contributed by atoms with Crippen LogP contribution in [0.25, 0.3) is 0 Å². The minimum absolute atomic E-state index is 0.0941. The third kappa shape index (κ3) is 2.76. The van der Waals surface area contributed by atoms with Crippen molar-refractivity contribution in [3.8, 4) is 11.5 Å². The first-order chi connectivity index (χ1) is 8.63. The second-order valence-electron chi connectivity index (χ2n) is 4.23. The first kappa shape index (κ1) is 13.6. The monoisotopic (exact) mass is 318 g/mol. The van der Waals surface area contributed by atoms with Gasteiger partial charge in [-0.3, -0.25) is 4.90 Å². The molecule has 1 aliphatic rings. The summed E-state index contributed by atoms with van der Waals surface area (Å²) in [5.74, 6) is -0.780. The number of phenolic OH excluding ortho intramolecular Hbond substituents is 1. The molecule has 0 bridgehead atoms. The van der Waals surface area contributed by atoms with Gasteiger partial charge < -0.3 is 15.2 Å². The smallest absolute Gasteiger partial charge is 0.196 e. The average Bonchev–Trinajstić information content (AvgIpc) is 2.36. The topological polar surface area (TPSA) is 44.7 Å². The summed E-state index contributed by atoms with van der Waals surface area (Å²) in [6, 6.07) is 1.47. The highest BCUT2D eigenvalue weighted by Gasteiger charge is 2.20. The number of nitrogens with one attached hydrogen (secondary N) is 1. The van der Waals surface area contributed by atoms with Gasteiger partial charge in [0.2, 0.25) is 0 Å². The molecule has 2 N–H and O–H groups in total. The molecule has 1 heterocycles. The Labute approximate surface area is 114 Å². The van der Waals surface area contributed by atoms with Gasteiger partial charge in [-0.2, -0.15) is 0 Å². The first-order valence-corrected chi connectivity index (χ1v) is 6.59. The summed E-state index contributed by atoms with van der Waals surface area (Å²) in [4.78, 5) is 2.16. The summed E-state index contributed by atoms with van der Waals surface area (Å²) in [5, 5.41) is 12.8. The lowest BCUT2D eigenvalue weighted by Gasteiger charge is -2.28. The lowest BCUT2D eigenvalue weighted by atomic mass is 10.1. The molecule has 2 rings (SSSR count). The molecule has 4 nitrogen and oxygen atoms in total. The van der Waals surface area contributed by atoms with E-state index in [2.05, 4.69) is 26.1 Å². The zero-order chi connectivity index (χ0) is 13.1. The molecule has 1 saturated heterocycles. The van der Waals surface area contributed by atoms with Crippen LogP contribution in [0.1, 0.15) is 5.56 Å². The van der Waals surface area contributed by atoms with Crippen molar-refractivity contribution in [3.05, 3.63) is 21.9 Å². The molecule has 0 radical (unpaired) electrons. The van der Waals surface area contributed by atoms with Crippen molar-refractivity contribution < 1.29 is 14.2 Å². The van der Waals surface area contributed by atoms with E-state index in [1.165, 1.54) is 13.2 Å². The standard InChI is InChI=1S/C12H16BrFN2O2/c1-18-12-10(17)6-9(13)8(11(12)14)7-16-4-2-15-3-5-16/h6,15,17H,2-5,7H2,1H3. The Morgan fingerprint density at radius 2 is 2.17 bits per heavy atom. The number of aromatic hydroxyl groups is 1. The van der Waals surface area contributed by atoms with Crippen molar-refractivity contribution in [1.82, 2.24) is 10.2 Å². The fourth-order valence-corrected chi connectivity index (χ4v) is 2.58. The highest BCUT2D eigenvalue weighted by atomic mass is 79.9. The maximum absolute atomic E-state index is 14.2. The minimum atomic E-state index is -0.497. The number of ether oxygens (including phenoxy) is 1. The third-order valence-corrected chi connectivity index (χ3v) is 3.75. The Hall–Kier alpha value is -0.850. The molecule has 1 aromatic carbocycles. The highest BCUT2D eigenvalue weighted by Crippen LogP contribution is 2.36. The van der Waals surface area contributed by atoms with Gasteiger partial charge in [0.1, 0.15) is 0 Å². The number of rotatable bonds is 3. The van der Waals surface area contributed by atoms with Gasteiger partial charge in [0.05, 0.1) is 7.11 Å². The van der Waals surface area contributed by atoms with Gasteiger partial charge in [-0.05, 0) is 6.07 Å². The summed E-state index contributed by atoms with van der Waals surface area (Å²) >= 11 is 3.29. The van der Waals surface area contributed by atoms with E-state index in [0.717, 1.165) is 26.2 Å². The second-order valence-corrected chi connectivity index (χ2v) is 5.08. The number of phenols is 1. The molecule has 0 amide bonds. The van der Waals surface area contributed by atoms with Crippen LogP contribution in [0, 0.1) is 5.82 Å². The van der Waals surface area contributed by atoms with Gasteiger partial charge in [-0.25, -0.2) is 4.39 Å². The molecule has 18 heavy (non-hydrogen) atoms. The number of hydrogen-bond donors (Lipinski definition) is 2. The van der Waals surface area contributed by atoms with Gasteiger partial charge in [-0.1, -0.05) is 15.9 Å². The summed E-state index contributed by atoms with van der Waals surface area (Å²) in [7, 11) is 1.35. The van der Waals surface area contributed by atoms with Gasteiger partial charge in [0, 0.05) is 42.8 Å². The van der Waals surface area contributed by atoms with E-state index >= 15 is 0 Å². The number of piperazine rings is 1. The van der Waals surface area contributed by atoms with E-state index in [4.69, 9.17) is 4.74 Å². The Bertz CT molecular complexity index is 437. The van der Waals surface area contributed by atoms with Crippen molar-refractivity contribution in [1.29, 1.82) is 0 Å². The van der Waals surface area contributed by atoms with Crippen LogP contribution >= 0.6 is 15.9 Å². The predicted octanol–water partition coefficient (Wildman–Crippen LogP) is 1.71. The molecule has 6 heteroatoms. The molecule has 0 aliphatic carbocycles. The molecular formula is C12H16BrFN2O2. The van der Waals surface area contributed by atoms with Crippen molar-refractivity contribution >= 4 is 15.9 Å². The van der Waals surface area contributed by atoms with Crippen molar-refractivity contribution in [3.63, 3.8) is 0 Å². The van der Waals surface area contributed by atoms with Crippen molar-refractivity contribution in [2.24, 2.45) is 0 Å². The van der Waals surface area contributed by atoms with Gasteiger partial charge in [-0.15, -0.1) is 0 Å². The van der Waals surface area contributed by atoms with Crippen LogP contribution in [0.4, 0.5) is 4.39 Å². The normalized spacial score (nSPS) is 16.8. The van der Waals surface area contributed by atoms with Crippen LogP contribution in [-0.2, 0) is 6.54 Å². The zero-order valence-electron chi connectivity index (χ0n) is 10.2. The summed E-state index contributed by atoms with van der Waals surface area (Å²) in [5.41, 5.74) is 0.520. The van der Waals surface area contributed by atoms with Crippen LogP contribution in [0.15, 0.2) is 10.5 Å². The van der Waals surface area contributed by atoms with Gasteiger partial charge in [0.25, 0.3) is 0 Å². The number of halogens is 2. The predicted molar refractivity (Wildman–Crippen MR) is 70.5 cm³/mol. The summed E-state index contributed by atoms with van der Waals surface area (Å²) in [6.07, 6.45) is 0. The Kier molecular flexibility index (Phi) is 4.42. The Morgan fingerprint density at radius 3 is 2.78 bits per heavy atom. The minimum Gasteiger partial charge on any atom is -0.504 e. The van der Waals surface area contributed by atoms with E-state index in [1.807, 2.05) is 0 Å². The summed E-state index contributed by atoms with van der Waals surface area (Å²) < 4.78 is 19.6. The van der Waals surface area contributed by atoms with E-state index < -0.39 is 5.82 Å². The zero-order valence-corrected chi connectivity index (χ0v) is 11.8. The van der Waals surface area contributed by atoms with Crippen LogP contribution in [0.2, 0.25) is 0 Å². The molecule has 0 spiro atoms. The quantitative estimate of drug-likeness (QED) is 0.890. The van der Waals surface area contributed by atoms with Crippen LogP contribution in [0.3, 0.4) is 0 Å². The fraction of sp³-hybridized carbons (Fsp3) is 0.500. The molecular weight excluding hydrogens is 303 g/mol. The maximum Gasteiger partial charge on any atom is 0.196 e. The first-order valence-electron chi connectivity index (χ1n) is 5.80. The molecule has 1 aliphatic heterocycles. The SMILES string of the molecule is COc1c(O)cc(Br)c(CN2CCNCC2)c1F. The van der Waals surface area contributed by atoms with E-state index in [0.29, 0.717) is 16.6 Å². The van der Waals surface area contributed by atoms with Crippen LogP contribution in [-0.4, -0.2) is 43.3 Å². The number of hydrogen-bond acceptors (Lipinski definition) is 4. The van der Waals surface area contributed by atoms with Crippen LogP contribution in [0.5, 0.6) is 11.5 Å². The largest absolute Gasteiger partial charge is 0.504 e. The average molecular weight is 319 g/mol. The molecule has 100 valence electrons. The molecule has 1 aromatic rings. The molecule has 0 atom stereocenters. The van der Waals surface area contributed by atoms with E-state index in [9.17, 15) is 9.50 Å². The Morgan fingerprint density at radius 1 is 1.50 bits per heavy atom.